The third-order valence-electron chi connectivity index (χ3n) is 22.3. The van der Waals surface area contributed by atoms with Gasteiger partial charge in [0.05, 0.1) is 19.1 Å². The van der Waals surface area contributed by atoms with Gasteiger partial charge in [-0.1, -0.05) is 49.9 Å². The van der Waals surface area contributed by atoms with E-state index in [-0.39, 0.29) is 98.4 Å². The third kappa shape index (κ3) is 20.1. The van der Waals surface area contributed by atoms with E-state index in [0.717, 1.165) is 67.4 Å². The molecule has 29 heteroatoms. The number of nitrogens with two attached hydrogens (primary N) is 1. The summed E-state index contributed by atoms with van der Waals surface area (Å²) in [5, 5.41) is 46.5. The van der Waals surface area contributed by atoms with E-state index in [9.17, 15) is 39.0 Å². The van der Waals surface area contributed by atoms with Gasteiger partial charge in [0.25, 0.3) is 0 Å². The lowest BCUT2D eigenvalue weighted by Gasteiger charge is -2.38. The highest BCUT2D eigenvalue weighted by molar-refractivity contribution is 7.98. The zero-order valence-corrected chi connectivity index (χ0v) is 59.5. The van der Waals surface area contributed by atoms with Crippen LogP contribution in [0.3, 0.4) is 0 Å². The highest BCUT2D eigenvalue weighted by atomic mass is 32.2. The molecule has 8 aliphatic rings. The Morgan fingerprint density at radius 3 is 1.84 bits per heavy atom. The molecular weight excluding hydrogens is 1300 g/mol. The normalized spacial score (nSPS) is 34.2. The SMILES string of the molecule is C[C@@H]1NC(=O)CCSCc2cccc(c2)CSC[C@@H](C(N)=O)NC(=O)[C@@H]2CCCN2C(=O)[C@H](CC2CCC(O)CC2)N(C)C(=O)[C@H](CC2CNCN2)NC(=O)[C@H](CC(=O)O)N(C)C(=O)[C@H](CC2CNC3CCCCC23)NC(=O)[C@H](CC2CNC3CCCCC23)N(C)C(=O)CN(C)C1=O. The van der Waals surface area contributed by atoms with Crippen molar-refractivity contribution >= 4 is 88.6 Å². The van der Waals surface area contributed by atoms with Crippen molar-refractivity contribution in [3.05, 3.63) is 35.4 Å². The quantitative estimate of drug-likeness (QED) is 0.144. The van der Waals surface area contributed by atoms with Gasteiger partial charge < -0.3 is 83.0 Å². The number of benzene rings is 1. The number of nitrogens with one attached hydrogen (secondary N) is 8. The van der Waals surface area contributed by atoms with Crippen molar-refractivity contribution in [3.63, 3.8) is 0 Å². The van der Waals surface area contributed by atoms with Crippen LogP contribution in [-0.2, 0) is 64.2 Å². The first-order chi connectivity index (χ1) is 46.9. The molecule has 0 aromatic heterocycles. The molecule has 1 aromatic carbocycles. The number of likely N-dealkylation sites (N-methyl/N-ethyl adjacent to an activating group) is 4. The van der Waals surface area contributed by atoms with Gasteiger partial charge in [-0.2, -0.15) is 23.5 Å². The summed E-state index contributed by atoms with van der Waals surface area (Å²) in [5.74, 6) is -6.07. The fourth-order valence-corrected chi connectivity index (χ4v) is 18.5. The van der Waals surface area contributed by atoms with Crippen LogP contribution in [0.25, 0.3) is 0 Å². The molecule has 12 N–H and O–H groups in total. The van der Waals surface area contributed by atoms with E-state index in [0.29, 0.717) is 75.7 Å². The van der Waals surface area contributed by atoms with Crippen molar-refractivity contribution < 1.29 is 63.0 Å². The Morgan fingerprint density at radius 2 is 1.21 bits per heavy atom. The van der Waals surface area contributed by atoms with Gasteiger partial charge in [0.1, 0.15) is 48.3 Å². The number of aliphatic hydroxyl groups excluding tert-OH is 1. The molecule has 2 bridgehead atoms. The number of carboxylic acid groups (broad SMARTS) is 1. The topological polar surface area (TPSA) is 367 Å². The molecule has 0 spiro atoms. The monoisotopic (exact) mass is 1400 g/mol. The van der Waals surface area contributed by atoms with Crippen LogP contribution in [-0.4, -0.2) is 251 Å². The minimum absolute atomic E-state index is 0.0249. The summed E-state index contributed by atoms with van der Waals surface area (Å²) in [7, 11) is 5.76. The van der Waals surface area contributed by atoms with Crippen molar-refractivity contribution in [2.75, 3.05) is 79.1 Å². The maximum Gasteiger partial charge on any atom is 0.305 e. The van der Waals surface area contributed by atoms with Gasteiger partial charge in [-0.05, 0) is 151 Å². The van der Waals surface area contributed by atoms with Crippen molar-refractivity contribution in [1.29, 1.82) is 0 Å². The number of hydrogen-bond acceptors (Lipinski definition) is 18. The van der Waals surface area contributed by atoms with E-state index in [1.807, 2.05) is 24.3 Å². The molecule has 7 unspecified atom stereocenters. The average Bonchev–Trinajstić information content (AvgIpc) is 1.45. The van der Waals surface area contributed by atoms with Gasteiger partial charge in [0.2, 0.25) is 59.1 Å². The molecule has 544 valence electrons. The van der Waals surface area contributed by atoms with E-state index in [4.69, 9.17) is 5.73 Å². The number of amides is 10. The Labute approximate surface area is 585 Å². The number of aliphatic hydroxyl groups is 1. The van der Waals surface area contributed by atoms with Crippen molar-refractivity contribution in [2.45, 2.75) is 219 Å². The van der Waals surface area contributed by atoms with E-state index >= 15 is 24.0 Å². The lowest BCUT2D eigenvalue weighted by Crippen LogP contribution is -2.61. The zero-order chi connectivity index (χ0) is 70.3. The van der Waals surface area contributed by atoms with Crippen LogP contribution in [0.4, 0.5) is 0 Å². The Kier molecular flexibility index (Phi) is 27.9. The first-order valence-corrected chi connectivity index (χ1v) is 38.1. The summed E-state index contributed by atoms with van der Waals surface area (Å²) in [6.07, 6.45) is 9.74. The fourth-order valence-electron chi connectivity index (χ4n) is 16.6. The molecule has 3 aliphatic carbocycles. The van der Waals surface area contributed by atoms with Crippen molar-refractivity contribution in [3.8, 4) is 0 Å². The Bertz CT molecular complexity index is 2990. The summed E-state index contributed by atoms with van der Waals surface area (Å²) in [6, 6.07) is -2.04. The van der Waals surface area contributed by atoms with Crippen LogP contribution in [0.1, 0.15) is 146 Å². The van der Waals surface area contributed by atoms with Crippen LogP contribution in [0.2, 0.25) is 0 Å². The summed E-state index contributed by atoms with van der Waals surface area (Å²) < 4.78 is 0. The van der Waals surface area contributed by atoms with Crippen molar-refractivity contribution in [1.82, 2.24) is 67.0 Å². The van der Waals surface area contributed by atoms with E-state index in [1.54, 1.807) is 6.92 Å². The fraction of sp³-hybridized carbons (Fsp3) is 0.754. The van der Waals surface area contributed by atoms with Gasteiger partial charge in [-0.25, -0.2) is 0 Å². The van der Waals surface area contributed by atoms with Crippen LogP contribution < -0.4 is 48.3 Å². The summed E-state index contributed by atoms with van der Waals surface area (Å²) in [4.78, 5) is 166. The smallest absolute Gasteiger partial charge is 0.305 e. The second-order valence-corrected chi connectivity index (χ2v) is 31.2. The average molecular weight is 1410 g/mol. The first-order valence-electron chi connectivity index (χ1n) is 35.8. The molecule has 5 aliphatic heterocycles. The minimum atomic E-state index is -1.74. The molecule has 1 aromatic rings. The lowest BCUT2D eigenvalue weighted by molar-refractivity contribution is -0.151. The standard InChI is InChI=1S/C69H108N14O13S2/c1-40-66(93)79(2)35-60(86)80(3)56(29-45-33-73-51-17-9-7-15-49(45)51)64(91)76-52(28-44-32-72-50-16-8-6-14-48(44)50)67(94)81(4)57(31-61(87)88)65(92)77-53(30-46-34-71-39-74-46)68(95)82(5)58(27-41-19-21-47(84)22-20-41)69(96)83-24-11-18-55(83)63(90)78-54(62(70)89)38-98-37-43-13-10-12-42(26-43)36-97-25-23-59(85)75-40/h10,12-13,26,40-41,44-58,71-74,84H,6-9,11,14-25,27-39H2,1-5H3,(H2,70,89)(H,75,85)(H,76,91)(H,77,92)(H,78,90)(H,87,88)/t40-,41?,44?,45?,46?,47?,48?,49?,50?,51?,52-,53-,54-,55-,56-,57-,58-/m0/s1. The third-order valence-corrected chi connectivity index (χ3v) is 24.4. The molecule has 98 heavy (non-hydrogen) atoms. The second kappa shape index (κ2) is 36.0. The molecular formula is C69H108N14O13S2. The predicted molar refractivity (Wildman–Crippen MR) is 371 cm³/mol. The largest absolute Gasteiger partial charge is 0.481 e. The molecule has 5 heterocycles. The number of rotatable bonds is 11. The number of carbonyl (C=O) groups is 11. The van der Waals surface area contributed by atoms with Crippen LogP contribution in [0.15, 0.2) is 24.3 Å². The van der Waals surface area contributed by atoms with Gasteiger partial charge >= 0.3 is 5.97 Å². The number of primary amides is 1. The van der Waals surface area contributed by atoms with E-state index in [2.05, 4.69) is 42.5 Å². The molecule has 27 nitrogen and oxygen atoms in total. The summed E-state index contributed by atoms with van der Waals surface area (Å²) in [5.41, 5.74) is 7.87. The molecule has 15 atom stereocenters. The highest BCUT2D eigenvalue weighted by Crippen LogP contribution is 2.40. The maximum absolute atomic E-state index is 15.7. The summed E-state index contributed by atoms with van der Waals surface area (Å²) >= 11 is 2.93. The Morgan fingerprint density at radius 1 is 0.612 bits per heavy atom. The number of thioether (sulfide) groups is 2. The molecule has 0 radical (unpaired) electrons. The molecule has 9 rings (SSSR count). The Hall–Kier alpha value is -6.11. The summed E-state index contributed by atoms with van der Waals surface area (Å²) in [6.45, 7) is 3.19. The first kappa shape index (κ1) is 76.1. The lowest BCUT2D eigenvalue weighted by atomic mass is 9.77. The van der Waals surface area contributed by atoms with E-state index in [1.165, 1.54) is 71.3 Å². The van der Waals surface area contributed by atoms with Crippen molar-refractivity contribution in [2.24, 2.45) is 35.3 Å². The number of fused-ring (bicyclic) bond motifs is 5. The number of carboxylic acids is 1. The van der Waals surface area contributed by atoms with Gasteiger partial charge in [0.15, 0.2) is 0 Å². The van der Waals surface area contributed by atoms with Gasteiger partial charge in [-0.15, -0.1) is 0 Å². The molecule has 10 amide bonds. The second-order valence-electron chi connectivity index (χ2n) is 29.0. The minimum Gasteiger partial charge on any atom is -0.481 e. The van der Waals surface area contributed by atoms with Crippen LogP contribution in [0.5, 0.6) is 0 Å². The van der Waals surface area contributed by atoms with E-state index < -0.39 is 133 Å². The maximum atomic E-state index is 15.7. The van der Waals surface area contributed by atoms with Crippen LogP contribution >= 0.6 is 23.5 Å². The molecule has 7 fully saturated rings. The van der Waals surface area contributed by atoms with Gasteiger partial charge in [0, 0.05) is 95.5 Å². The van der Waals surface area contributed by atoms with Gasteiger partial charge in [-0.3, -0.25) is 52.7 Å². The number of nitrogens with zero attached hydrogens (tertiary/aromatic N) is 5. The Balaban J connectivity index is 1.04. The highest BCUT2D eigenvalue weighted by Gasteiger charge is 2.47. The number of carbonyl (C=O) groups excluding carboxylic acids is 10. The molecule has 3 saturated carbocycles. The van der Waals surface area contributed by atoms with Crippen LogP contribution in [0, 0.1) is 29.6 Å². The zero-order valence-electron chi connectivity index (χ0n) is 57.9. The number of aliphatic carboxylic acids is 1. The molecule has 4 saturated heterocycles. The predicted octanol–water partition coefficient (Wildman–Crippen LogP) is 0.593. The number of hydrogen-bond donors (Lipinski definition) is 11.